The van der Waals surface area contributed by atoms with Crippen molar-refractivity contribution in [1.82, 2.24) is 5.32 Å². The summed E-state index contributed by atoms with van der Waals surface area (Å²) in [6.45, 7) is 0.925. The van der Waals surface area contributed by atoms with Crippen LogP contribution in [0.25, 0.3) is 0 Å². The Morgan fingerprint density at radius 3 is 2.60 bits per heavy atom. The summed E-state index contributed by atoms with van der Waals surface area (Å²) in [5.41, 5.74) is 5.13. The highest BCUT2D eigenvalue weighted by Crippen LogP contribution is 2.29. The highest BCUT2D eigenvalue weighted by molar-refractivity contribution is 5.32. The van der Waals surface area contributed by atoms with Crippen molar-refractivity contribution in [1.29, 1.82) is 0 Å². The molecule has 0 saturated carbocycles. The van der Waals surface area contributed by atoms with Gasteiger partial charge in [0.05, 0.1) is 6.61 Å². The zero-order valence-corrected chi connectivity index (χ0v) is 11.7. The maximum absolute atomic E-state index is 9.39. The fourth-order valence-electron chi connectivity index (χ4n) is 3.08. The van der Waals surface area contributed by atoms with Crippen molar-refractivity contribution in [2.45, 2.75) is 38.5 Å². The molecule has 0 bridgehead atoms. The lowest BCUT2D eigenvalue weighted by Crippen LogP contribution is -2.25. The minimum absolute atomic E-state index is 0.110. The molecule has 0 spiro atoms. The molecule has 104 valence electrons. The van der Waals surface area contributed by atoms with Crippen molar-refractivity contribution >= 4 is 0 Å². The van der Waals surface area contributed by atoms with E-state index < -0.39 is 0 Å². The largest absolute Gasteiger partial charge is 0.392 e. The van der Waals surface area contributed by atoms with Crippen LogP contribution in [0.4, 0.5) is 0 Å². The quantitative estimate of drug-likeness (QED) is 0.890. The van der Waals surface area contributed by atoms with E-state index >= 15 is 0 Å². The first-order valence-electron chi connectivity index (χ1n) is 7.37. The standard InChI is InChI=1S/C18H21NO/c20-13-16-8-2-1-7-15(16)12-19-18-11-5-9-14-6-3-4-10-17(14)18/h1-4,6-8,10,18-20H,5,9,11-13H2. The summed E-state index contributed by atoms with van der Waals surface area (Å²) in [6.07, 6.45) is 3.64. The molecule has 0 aromatic heterocycles. The Kier molecular flexibility index (Phi) is 4.14. The van der Waals surface area contributed by atoms with Crippen molar-refractivity contribution in [2.75, 3.05) is 0 Å². The van der Waals surface area contributed by atoms with E-state index in [0.717, 1.165) is 12.1 Å². The third kappa shape index (κ3) is 2.77. The van der Waals surface area contributed by atoms with Gasteiger partial charge in [0.1, 0.15) is 0 Å². The van der Waals surface area contributed by atoms with Crippen LogP contribution in [-0.4, -0.2) is 5.11 Å². The fourth-order valence-corrected chi connectivity index (χ4v) is 3.08. The SMILES string of the molecule is OCc1ccccc1CNC1CCCc2ccccc21. The minimum atomic E-state index is 0.110. The number of rotatable bonds is 4. The molecule has 2 aromatic rings. The summed E-state index contributed by atoms with van der Waals surface area (Å²) in [5.74, 6) is 0. The minimum Gasteiger partial charge on any atom is -0.392 e. The van der Waals surface area contributed by atoms with E-state index in [4.69, 9.17) is 0 Å². The molecule has 0 radical (unpaired) electrons. The highest BCUT2D eigenvalue weighted by Gasteiger charge is 2.19. The number of aryl methyl sites for hydroxylation is 1. The smallest absolute Gasteiger partial charge is 0.0685 e. The number of benzene rings is 2. The van der Waals surface area contributed by atoms with Crippen LogP contribution in [0.2, 0.25) is 0 Å². The average Bonchev–Trinajstić information content (AvgIpc) is 2.53. The number of aliphatic hydroxyl groups excluding tert-OH is 1. The molecule has 2 aromatic carbocycles. The Morgan fingerprint density at radius 1 is 1.00 bits per heavy atom. The predicted molar refractivity (Wildman–Crippen MR) is 81.3 cm³/mol. The van der Waals surface area contributed by atoms with Crippen molar-refractivity contribution in [3.8, 4) is 0 Å². The van der Waals surface area contributed by atoms with Gasteiger partial charge in [-0.25, -0.2) is 0 Å². The molecule has 3 rings (SSSR count). The van der Waals surface area contributed by atoms with Crippen LogP contribution >= 0.6 is 0 Å². The Morgan fingerprint density at radius 2 is 1.75 bits per heavy atom. The van der Waals surface area contributed by atoms with Crippen LogP contribution in [0.5, 0.6) is 0 Å². The van der Waals surface area contributed by atoms with Gasteiger partial charge >= 0.3 is 0 Å². The van der Waals surface area contributed by atoms with E-state index in [1.165, 1.54) is 36.0 Å². The molecule has 0 saturated heterocycles. The first kappa shape index (κ1) is 13.3. The Balaban J connectivity index is 1.73. The van der Waals surface area contributed by atoms with Gasteiger partial charge in [0.2, 0.25) is 0 Å². The number of aliphatic hydroxyl groups is 1. The zero-order valence-electron chi connectivity index (χ0n) is 11.7. The van der Waals surface area contributed by atoms with Gasteiger partial charge in [0.15, 0.2) is 0 Å². The van der Waals surface area contributed by atoms with E-state index in [2.05, 4.69) is 35.6 Å². The molecule has 1 unspecified atom stereocenters. The van der Waals surface area contributed by atoms with E-state index in [9.17, 15) is 5.11 Å². The molecule has 2 heteroatoms. The second-order valence-electron chi connectivity index (χ2n) is 5.45. The third-order valence-electron chi connectivity index (χ3n) is 4.20. The lowest BCUT2D eigenvalue weighted by atomic mass is 9.87. The van der Waals surface area contributed by atoms with Crippen LogP contribution in [0.15, 0.2) is 48.5 Å². The van der Waals surface area contributed by atoms with Gasteiger partial charge in [0.25, 0.3) is 0 Å². The second-order valence-corrected chi connectivity index (χ2v) is 5.45. The van der Waals surface area contributed by atoms with E-state index in [1.807, 2.05) is 18.2 Å². The Labute approximate surface area is 120 Å². The molecule has 2 N–H and O–H groups in total. The summed E-state index contributed by atoms with van der Waals surface area (Å²) in [4.78, 5) is 0. The van der Waals surface area contributed by atoms with Gasteiger partial charge in [-0.3, -0.25) is 0 Å². The van der Waals surface area contributed by atoms with Gasteiger partial charge in [-0.15, -0.1) is 0 Å². The normalized spacial score (nSPS) is 17.8. The maximum Gasteiger partial charge on any atom is 0.0685 e. The Bertz CT molecular complexity index is 579. The number of fused-ring (bicyclic) bond motifs is 1. The topological polar surface area (TPSA) is 32.3 Å². The lowest BCUT2D eigenvalue weighted by molar-refractivity contribution is 0.280. The van der Waals surface area contributed by atoms with Crippen molar-refractivity contribution in [3.05, 3.63) is 70.8 Å². The number of hydrogen-bond acceptors (Lipinski definition) is 2. The summed E-state index contributed by atoms with van der Waals surface area (Å²) >= 11 is 0. The summed E-state index contributed by atoms with van der Waals surface area (Å²) in [6, 6.07) is 17.3. The van der Waals surface area contributed by atoms with E-state index in [1.54, 1.807) is 0 Å². The predicted octanol–water partition coefficient (Wildman–Crippen LogP) is 3.35. The van der Waals surface area contributed by atoms with Gasteiger partial charge < -0.3 is 10.4 Å². The first-order chi connectivity index (χ1) is 9.88. The molecule has 0 amide bonds. The molecule has 1 aliphatic carbocycles. The van der Waals surface area contributed by atoms with Gasteiger partial charge in [-0.2, -0.15) is 0 Å². The monoisotopic (exact) mass is 267 g/mol. The van der Waals surface area contributed by atoms with E-state index in [0.29, 0.717) is 6.04 Å². The molecule has 0 heterocycles. The maximum atomic E-state index is 9.39. The summed E-state index contributed by atoms with van der Waals surface area (Å²) in [7, 11) is 0. The van der Waals surface area contributed by atoms with Gasteiger partial charge in [-0.1, -0.05) is 48.5 Å². The van der Waals surface area contributed by atoms with Gasteiger partial charge in [0, 0.05) is 12.6 Å². The first-order valence-corrected chi connectivity index (χ1v) is 7.37. The third-order valence-corrected chi connectivity index (χ3v) is 4.20. The van der Waals surface area contributed by atoms with E-state index in [-0.39, 0.29) is 6.61 Å². The molecular formula is C18H21NO. The molecule has 0 fully saturated rings. The van der Waals surface area contributed by atoms with Crippen molar-refractivity contribution < 1.29 is 5.11 Å². The van der Waals surface area contributed by atoms with Crippen LogP contribution in [0, 0.1) is 0 Å². The van der Waals surface area contributed by atoms with Gasteiger partial charge in [-0.05, 0) is 41.5 Å². The second kappa shape index (κ2) is 6.21. The Hall–Kier alpha value is -1.64. The van der Waals surface area contributed by atoms with Crippen LogP contribution in [-0.2, 0) is 19.6 Å². The van der Waals surface area contributed by atoms with Crippen molar-refractivity contribution in [3.63, 3.8) is 0 Å². The lowest BCUT2D eigenvalue weighted by Gasteiger charge is -2.26. The number of hydrogen-bond donors (Lipinski definition) is 2. The summed E-state index contributed by atoms with van der Waals surface area (Å²) in [5, 5.41) is 13.0. The fraction of sp³-hybridized carbons (Fsp3) is 0.333. The molecular weight excluding hydrogens is 246 g/mol. The highest BCUT2D eigenvalue weighted by atomic mass is 16.3. The molecule has 0 aliphatic heterocycles. The molecule has 1 atom stereocenters. The molecule has 1 aliphatic rings. The zero-order chi connectivity index (χ0) is 13.8. The van der Waals surface area contributed by atoms with Crippen LogP contribution in [0.3, 0.4) is 0 Å². The average molecular weight is 267 g/mol. The van der Waals surface area contributed by atoms with Crippen LogP contribution < -0.4 is 5.32 Å². The molecule has 2 nitrogen and oxygen atoms in total. The van der Waals surface area contributed by atoms with Crippen molar-refractivity contribution in [2.24, 2.45) is 0 Å². The summed E-state index contributed by atoms with van der Waals surface area (Å²) < 4.78 is 0. The van der Waals surface area contributed by atoms with Crippen LogP contribution in [0.1, 0.15) is 41.1 Å². The molecule has 20 heavy (non-hydrogen) atoms. The number of nitrogens with one attached hydrogen (secondary N) is 1.